The van der Waals surface area contributed by atoms with Gasteiger partial charge in [0.1, 0.15) is 29.6 Å². The van der Waals surface area contributed by atoms with Gasteiger partial charge in [0.15, 0.2) is 0 Å². The quantitative estimate of drug-likeness (QED) is 0.116. The van der Waals surface area contributed by atoms with Crippen LogP contribution in [-0.2, 0) is 36.8 Å². The van der Waals surface area contributed by atoms with E-state index in [1.54, 1.807) is 24.3 Å². The number of amides is 5. The lowest BCUT2D eigenvalue weighted by Gasteiger charge is -2.26. The molecule has 5 amide bonds. The topological polar surface area (TPSA) is 304 Å². The maximum absolute atomic E-state index is 13.7. The van der Waals surface area contributed by atoms with Gasteiger partial charge in [-0.15, -0.1) is 49.6 Å². The average Bonchev–Trinajstić information content (AvgIpc) is 3.07. The van der Waals surface area contributed by atoms with E-state index in [4.69, 9.17) is 28.7 Å². The minimum atomic E-state index is -1.36. The van der Waals surface area contributed by atoms with Crippen LogP contribution in [0.3, 0.4) is 0 Å². The summed E-state index contributed by atoms with van der Waals surface area (Å²) in [7, 11) is 0. The molecule has 2 aromatic rings. The van der Waals surface area contributed by atoms with Gasteiger partial charge >= 0.3 is 0 Å². The maximum Gasteiger partial charge on any atom is 0.243 e. The summed E-state index contributed by atoms with van der Waals surface area (Å²) in [6, 6.07) is 4.26. The summed E-state index contributed by atoms with van der Waals surface area (Å²) >= 11 is 0. The molecule has 16 N–H and O–H groups in total. The van der Waals surface area contributed by atoms with Gasteiger partial charge in [0.2, 0.25) is 29.5 Å². The van der Waals surface area contributed by atoms with Crippen LogP contribution in [0.25, 0.3) is 11.1 Å². The van der Waals surface area contributed by atoms with Gasteiger partial charge in [-0.3, -0.25) is 24.0 Å². The lowest BCUT2D eigenvalue weighted by molar-refractivity contribution is -0.133. The fourth-order valence-electron chi connectivity index (χ4n) is 5.41. The highest BCUT2D eigenvalue weighted by Crippen LogP contribution is 2.31. The first-order chi connectivity index (χ1) is 23.3. The van der Waals surface area contributed by atoms with Gasteiger partial charge in [0.05, 0.1) is 6.04 Å². The molecule has 2 aromatic carbocycles. The Bertz CT molecular complexity index is 1510. The molecule has 5 atom stereocenters. The molecule has 0 unspecified atom stereocenters. The number of fused-ring (bicyclic) bond motifs is 5. The predicted molar refractivity (Wildman–Crippen MR) is 211 cm³/mol. The molecule has 0 fully saturated rings. The van der Waals surface area contributed by atoms with Crippen LogP contribution in [-0.4, -0.2) is 89.6 Å². The molecule has 0 saturated heterocycles. The predicted octanol–water partition coefficient (Wildman–Crippen LogP) is -0.481. The van der Waals surface area contributed by atoms with E-state index >= 15 is 0 Å². The van der Waals surface area contributed by atoms with Crippen LogP contribution in [0, 0.1) is 0 Å². The molecule has 16 nitrogen and oxygen atoms in total. The van der Waals surface area contributed by atoms with E-state index in [2.05, 4.69) is 21.3 Å². The minimum Gasteiger partial charge on any atom is -0.508 e. The molecule has 1 heterocycles. The average molecular weight is 830 g/mol. The van der Waals surface area contributed by atoms with Gasteiger partial charge in [-0.2, -0.15) is 0 Å². The molecule has 3 rings (SSSR count). The van der Waals surface area contributed by atoms with E-state index in [9.17, 15) is 34.2 Å². The largest absolute Gasteiger partial charge is 0.508 e. The Morgan fingerprint density at radius 2 is 1.40 bits per heavy atom. The lowest BCUT2D eigenvalue weighted by Crippen LogP contribution is -2.58. The first-order valence-electron chi connectivity index (χ1n) is 16.4. The Morgan fingerprint density at radius 3 is 1.94 bits per heavy atom. The maximum atomic E-state index is 13.7. The summed E-state index contributed by atoms with van der Waals surface area (Å²) in [5, 5.41) is 31.8. The van der Waals surface area contributed by atoms with Crippen LogP contribution in [0.4, 0.5) is 0 Å². The summed E-state index contributed by atoms with van der Waals surface area (Å²) in [6.07, 6.45) is 1.24. The molecule has 0 spiro atoms. The second-order valence-corrected chi connectivity index (χ2v) is 12.3. The van der Waals surface area contributed by atoms with Crippen molar-refractivity contribution in [2.24, 2.45) is 28.7 Å². The Labute approximate surface area is 333 Å². The zero-order valence-corrected chi connectivity index (χ0v) is 32.4. The van der Waals surface area contributed by atoms with Crippen molar-refractivity contribution in [2.75, 3.05) is 19.6 Å². The number of primary amides is 1. The zero-order chi connectivity index (χ0) is 36.1. The fourth-order valence-corrected chi connectivity index (χ4v) is 5.41. The van der Waals surface area contributed by atoms with Crippen molar-refractivity contribution in [1.29, 1.82) is 0 Å². The van der Waals surface area contributed by atoms with Crippen molar-refractivity contribution in [3.63, 3.8) is 0 Å². The Hall–Kier alpha value is -3.61. The van der Waals surface area contributed by atoms with Crippen molar-refractivity contribution in [3.05, 3.63) is 47.5 Å². The van der Waals surface area contributed by atoms with Crippen LogP contribution in [0.2, 0.25) is 0 Å². The van der Waals surface area contributed by atoms with Crippen molar-refractivity contribution in [2.45, 2.75) is 81.6 Å². The number of carbonyl (C=O) groups is 5. The van der Waals surface area contributed by atoms with E-state index in [-0.39, 0.29) is 118 Å². The van der Waals surface area contributed by atoms with E-state index in [0.717, 1.165) is 0 Å². The van der Waals surface area contributed by atoms with Crippen LogP contribution < -0.4 is 49.9 Å². The van der Waals surface area contributed by atoms with Gasteiger partial charge in [0, 0.05) is 31.8 Å². The number of phenols is 2. The lowest BCUT2D eigenvalue weighted by atomic mass is 9.95. The second-order valence-electron chi connectivity index (χ2n) is 12.3. The molecule has 1 aliphatic rings. The number of aromatic hydroxyl groups is 2. The first kappa shape index (κ1) is 51.5. The number of carbonyl (C=O) groups excluding carboxylic acids is 5. The molecule has 53 heavy (non-hydrogen) atoms. The molecular weight excluding hydrogens is 776 g/mol. The van der Waals surface area contributed by atoms with Crippen LogP contribution >= 0.6 is 49.6 Å². The van der Waals surface area contributed by atoms with Gasteiger partial charge < -0.3 is 60.1 Å². The van der Waals surface area contributed by atoms with Crippen molar-refractivity contribution >= 4 is 79.2 Å². The minimum absolute atomic E-state index is 0. The van der Waals surface area contributed by atoms with Crippen LogP contribution in [0.1, 0.15) is 49.7 Å². The molecule has 0 saturated carbocycles. The normalized spacial score (nSPS) is 17.8. The van der Waals surface area contributed by atoms with E-state index in [1.807, 2.05) is 0 Å². The number of hydrogen-bond donors (Lipinski definition) is 11. The number of phenolic OH excluding ortho intramolecular Hbond substituents is 2. The van der Waals surface area contributed by atoms with E-state index in [0.29, 0.717) is 42.5 Å². The third-order valence-electron chi connectivity index (χ3n) is 8.32. The number of hydrogen-bond acceptors (Lipinski definition) is 11. The molecule has 300 valence electrons. The zero-order valence-electron chi connectivity index (χ0n) is 29.1. The van der Waals surface area contributed by atoms with Gasteiger partial charge in [-0.1, -0.05) is 12.1 Å². The Morgan fingerprint density at radius 1 is 0.830 bits per heavy atom. The molecule has 0 radical (unpaired) electrons. The van der Waals surface area contributed by atoms with Gasteiger partial charge in [0.25, 0.3) is 0 Å². The molecule has 0 aromatic heterocycles. The highest BCUT2D eigenvalue weighted by atomic mass is 35.5. The van der Waals surface area contributed by atoms with Gasteiger partial charge in [-0.25, -0.2) is 0 Å². The highest BCUT2D eigenvalue weighted by Gasteiger charge is 2.31. The fraction of sp³-hybridized carbons (Fsp3) is 0.485. The highest BCUT2D eigenvalue weighted by molar-refractivity contribution is 5.95. The van der Waals surface area contributed by atoms with Crippen molar-refractivity contribution < 1.29 is 34.2 Å². The van der Waals surface area contributed by atoms with E-state index < -0.39 is 53.7 Å². The van der Waals surface area contributed by atoms with Crippen molar-refractivity contribution in [1.82, 2.24) is 21.3 Å². The number of benzene rings is 2. The number of rotatable bonds is 14. The third kappa shape index (κ3) is 16.1. The summed E-state index contributed by atoms with van der Waals surface area (Å²) in [5.41, 5.74) is 30.8. The summed E-state index contributed by atoms with van der Waals surface area (Å²) in [6.45, 7) is 0.899. The molecule has 20 heteroatoms. The third-order valence-corrected chi connectivity index (χ3v) is 8.32. The van der Waals surface area contributed by atoms with Crippen molar-refractivity contribution in [3.8, 4) is 22.6 Å². The number of halogens is 4. The second kappa shape index (κ2) is 25.4. The van der Waals surface area contributed by atoms with Crippen LogP contribution in [0.15, 0.2) is 36.4 Å². The van der Waals surface area contributed by atoms with Crippen LogP contribution in [0.5, 0.6) is 11.5 Å². The first-order valence-corrected chi connectivity index (χ1v) is 16.4. The smallest absolute Gasteiger partial charge is 0.243 e. The summed E-state index contributed by atoms with van der Waals surface area (Å²) in [5.74, 6) is -3.75. The summed E-state index contributed by atoms with van der Waals surface area (Å²) in [4.78, 5) is 65.3. The summed E-state index contributed by atoms with van der Waals surface area (Å²) < 4.78 is 0. The monoisotopic (exact) mass is 827 g/mol. The Kier molecular flexibility index (Phi) is 24.7. The Balaban J connectivity index is 0. The molecule has 0 aliphatic carbocycles. The van der Waals surface area contributed by atoms with Gasteiger partial charge in [-0.05, 0) is 91.7 Å². The molecule has 1 aliphatic heterocycles. The molecular formula is C33H53Cl4N9O7. The van der Waals surface area contributed by atoms with E-state index in [1.165, 1.54) is 12.1 Å². The molecule has 4 bridgehead atoms. The number of nitrogens with two attached hydrogens (primary N) is 5. The standard InChI is InChI=1S/C33H49N9O7.4ClH/c34-11-1-3-22(36)17-39-29(45)10-7-24(30(38)46)40-33(49)26-16-21-14-19(6-9-28(21)44)18-5-8-27(43)20(13-18)15-23(37)31(47)41-25(4-2-12-35)32(48)42-26;;;;/h5-6,8-9,13-14,22-26,43-44H,1-4,7,10-12,15-17,34-37H2,(H2,38,46)(H,39,45)(H,40,49)(H,41,47)(H,42,48);4*1H/t22-,23-,24-,25-,26-;;;;/m0..../s1. The SMILES string of the molecule is Cl.Cl.Cl.Cl.NCCC[C@H](N)CNC(=O)CC[C@H](NC(=O)[C@@H]1Cc2cc(ccc2O)-c2ccc(O)c(c2)C[C@H](N)C(=O)N[C@@H](CCCN)C(=O)N1)C(N)=O. The number of nitrogens with one attached hydrogen (secondary N) is 4.